The van der Waals surface area contributed by atoms with Crippen LogP contribution in [0.3, 0.4) is 0 Å². The van der Waals surface area contributed by atoms with Gasteiger partial charge in [0.25, 0.3) is 0 Å². The van der Waals surface area contributed by atoms with Crippen LogP contribution >= 0.6 is 11.3 Å². The Bertz CT molecular complexity index is 577. The van der Waals surface area contributed by atoms with Crippen LogP contribution in [0.15, 0.2) is 11.6 Å². The number of anilines is 1. The third kappa shape index (κ3) is 3.43. The van der Waals surface area contributed by atoms with Crippen molar-refractivity contribution in [2.45, 2.75) is 33.9 Å². The molecule has 0 bridgehead atoms. The van der Waals surface area contributed by atoms with Crippen molar-refractivity contribution in [3.8, 4) is 0 Å². The molecule has 2 aromatic rings. The fourth-order valence-electron chi connectivity index (χ4n) is 1.87. The maximum Gasteiger partial charge on any atom is 0.225 e. The van der Waals surface area contributed by atoms with Crippen LogP contribution in [-0.4, -0.2) is 27.6 Å². The maximum atomic E-state index is 11.5. The van der Waals surface area contributed by atoms with Crippen LogP contribution in [0.1, 0.15) is 30.8 Å². The number of nitrogens with one attached hydrogen (secondary N) is 2. The van der Waals surface area contributed by atoms with Gasteiger partial charge < -0.3 is 5.32 Å². The summed E-state index contributed by atoms with van der Waals surface area (Å²) in [4.78, 5) is 17.6. The van der Waals surface area contributed by atoms with Crippen molar-refractivity contribution >= 4 is 22.4 Å². The first-order valence-corrected chi connectivity index (χ1v) is 7.41. The van der Waals surface area contributed by atoms with Gasteiger partial charge in [-0.15, -0.1) is 11.3 Å². The summed E-state index contributed by atoms with van der Waals surface area (Å²) in [6.07, 6.45) is 1.82. The normalized spacial score (nSPS) is 10.8. The molecule has 2 N–H and O–H groups in total. The minimum absolute atomic E-state index is 0.0235. The van der Waals surface area contributed by atoms with Crippen LogP contribution in [-0.2, 0) is 17.9 Å². The first kappa shape index (κ1) is 14.7. The molecular formula is C13H19N5OS. The quantitative estimate of drug-likeness (QED) is 0.852. The fraction of sp³-hybridized carbons (Fsp3) is 0.462. The Morgan fingerprint density at radius 3 is 2.90 bits per heavy atom. The van der Waals surface area contributed by atoms with Gasteiger partial charge in [0.1, 0.15) is 0 Å². The van der Waals surface area contributed by atoms with Crippen LogP contribution in [0, 0.1) is 6.92 Å². The van der Waals surface area contributed by atoms with Crippen molar-refractivity contribution in [3.63, 3.8) is 0 Å². The van der Waals surface area contributed by atoms with Gasteiger partial charge in [-0.1, -0.05) is 0 Å². The van der Waals surface area contributed by atoms with Gasteiger partial charge in [0.15, 0.2) is 5.13 Å². The van der Waals surface area contributed by atoms with E-state index in [1.165, 1.54) is 11.3 Å². The van der Waals surface area contributed by atoms with E-state index in [1.807, 2.05) is 25.4 Å². The van der Waals surface area contributed by atoms with Crippen LogP contribution in [0.2, 0.25) is 0 Å². The molecule has 0 spiro atoms. The number of hydrogen-bond acceptors (Lipinski definition) is 5. The molecule has 0 aliphatic rings. The molecule has 2 heterocycles. The molecule has 0 aliphatic heterocycles. The number of aromatic amines is 1. The lowest BCUT2D eigenvalue weighted by atomic mass is 10.2. The predicted molar refractivity (Wildman–Crippen MR) is 79.7 cm³/mol. The van der Waals surface area contributed by atoms with E-state index < -0.39 is 0 Å². The maximum absolute atomic E-state index is 11.5. The average molecular weight is 293 g/mol. The Morgan fingerprint density at radius 2 is 2.30 bits per heavy atom. The van der Waals surface area contributed by atoms with Crippen LogP contribution in [0.25, 0.3) is 0 Å². The number of H-pyrrole nitrogens is 1. The first-order chi connectivity index (χ1) is 9.61. The van der Waals surface area contributed by atoms with Crippen LogP contribution < -0.4 is 10.2 Å². The Kier molecular flexibility index (Phi) is 4.86. The van der Waals surface area contributed by atoms with Crippen LogP contribution in [0.5, 0.6) is 0 Å². The molecule has 2 rings (SSSR count). The Morgan fingerprint density at radius 1 is 1.50 bits per heavy atom. The molecule has 1 amide bonds. The van der Waals surface area contributed by atoms with Gasteiger partial charge in [-0.05, 0) is 13.8 Å². The van der Waals surface area contributed by atoms with E-state index in [0.717, 1.165) is 28.6 Å². The molecule has 6 nitrogen and oxygen atoms in total. The average Bonchev–Trinajstić information content (AvgIpc) is 3.01. The largest absolute Gasteiger partial charge is 0.307 e. The van der Waals surface area contributed by atoms with Crippen molar-refractivity contribution in [2.75, 3.05) is 11.4 Å². The molecular weight excluding hydrogens is 274 g/mol. The van der Waals surface area contributed by atoms with E-state index in [-0.39, 0.29) is 5.91 Å². The van der Waals surface area contributed by atoms with E-state index in [2.05, 4.69) is 20.5 Å². The van der Waals surface area contributed by atoms with Crippen molar-refractivity contribution < 1.29 is 4.79 Å². The summed E-state index contributed by atoms with van der Waals surface area (Å²) in [5.41, 5.74) is 3.18. The molecule has 0 saturated carbocycles. The monoisotopic (exact) mass is 293 g/mol. The Balaban J connectivity index is 1.90. The first-order valence-electron chi connectivity index (χ1n) is 6.54. The highest BCUT2D eigenvalue weighted by molar-refractivity contribution is 7.14. The molecule has 0 aliphatic carbocycles. The van der Waals surface area contributed by atoms with Crippen molar-refractivity contribution in [1.29, 1.82) is 0 Å². The van der Waals surface area contributed by atoms with Crippen molar-refractivity contribution in [1.82, 2.24) is 20.5 Å². The number of aryl methyl sites for hydroxylation is 1. The molecule has 0 atom stereocenters. The fourth-order valence-corrected chi connectivity index (χ4v) is 2.81. The highest BCUT2D eigenvalue weighted by Gasteiger charge is 2.13. The number of rotatable bonds is 6. The van der Waals surface area contributed by atoms with E-state index in [9.17, 15) is 4.79 Å². The molecule has 7 heteroatoms. The summed E-state index contributed by atoms with van der Waals surface area (Å²) >= 11 is 1.50. The SMILES string of the molecule is CCN(C(C)=O)c1nc(CNCc2cn[nH]c2C)cs1. The third-order valence-corrected chi connectivity index (χ3v) is 3.94. The van der Waals surface area contributed by atoms with Gasteiger partial charge in [0, 0.05) is 43.2 Å². The smallest absolute Gasteiger partial charge is 0.225 e. The molecule has 108 valence electrons. The zero-order chi connectivity index (χ0) is 14.5. The molecule has 2 aromatic heterocycles. The minimum Gasteiger partial charge on any atom is -0.307 e. The summed E-state index contributed by atoms with van der Waals surface area (Å²) in [7, 11) is 0. The Hall–Kier alpha value is -1.73. The van der Waals surface area contributed by atoms with Gasteiger partial charge in [0.05, 0.1) is 11.9 Å². The third-order valence-electron chi connectivity index (χ3n) is 3.02. The van der Waals surface area contributed by atoms with Gasteiger partial charge >= 0.3 is 0 Å². The second-order valence-corrected chi connectivity index (χ2v) is 5.35. The standard InChI is InChI=1S/C13H19N5OS/c1-4-18(10(3)19)13-16-12(8-20-13)7-14-5-11-6-15-17-9(11)2/h6,8,14H,4-5,7H2,1-3H3,(H,15,17). The Labute approximate surface area is 122 Å². The van der Waals surface area contributed by atoms with E-state index in [0.29, 0.717) is 13.1 Å². The molecule has 0 fully saturated rings. The second kappa shape index (κ2) is 6.62. The van der Waals surface area contributed by atoms with E-state index >= 15 is 0 Å². The van der Waals surface area contributed by atoms with Crippen molar-refractivity contribution in [3.05, 3.63) is 28.5 Å². The minimum atomic E-state index is 0.0235. The summed E-state index contributed by atoms with van der Waals surface area (Å²) in [5, 5.41) is 13.0. The van der Waals surface area contributed by atoms with Crippen LogP contribution in [0.4, 0.5) is 5.13 Å². The summed E-state index contributed by atoms with van der Waals surface area (Å²) in [6, 6.07) is 0. The number of hydrogen-bond donors (Lipinski definition) is 2. The highest BCUT2D eigenvalue weighted by atomic mass is 32.1. The lowest BCUT2D eigenvalue weighted by Crippen LogP contribution is -2.27. The molecule has 20 heavy (non-hydrogen) atoms. The lowest BCUT2D eigenvalue weighted by molar-refractivity contribution is -0.116. The van der Waals surface area contributed by atoms with E-state index in [4.69, 9.17) is 0 Å². The lowest BCUT2D eigenvalue weighted by Gasteiger charge is -2.14. The summed E-state index contributed by atoms with van der Waals surface area (Å²) < 4.78 is 0. The summed E-state index contributed by atoms with van der Waals surface area (Å²) in [6.45, 7) is 7.57. The zero-order valence-corrected chi connectivity index (χ0v) is 12.8. The number of carbonyl (C=O) groups is 1. The molecule has 0 saturated heterocycles. The van der Waals surface area contributed by atoms with Gasteiger partial charge in [0.2, 0.25) is 5.91 Å². The van der Waals surface area contributed by atoms with Gasteiger partial charge in [-0.2, -0.15) is 5.10 Å². The number of aromatic nitrogens is 3. The van der Waals surface area contributed by atoms with Gasteiger partial charge in [-0.3, -0.25) is 14.8 Å². The highest BCUT2D eigenvalue weighted by Crippen LogP contribution is 2.20. The predicted octanol–water partition coefficient (Wildman–Crippen LogP) is 1.84. The molecule has 0 radical (unpaired) electrons. The van der Waals surface area contributed by atoms with Crippen molar-refractivity contribution in [2.24, 2.45) is 0 Å². The number of thiazole rings is 1. The molecule has 0 unspecified atom stereocenters. The zero-order valence-electron chi connectivity index (χ0n) is 11.9. The topological polar surface area (TPSA) is 73.9 Å². The molecule has 0 aromatic carbocycles. The van der Waals surface area contributed by atoms with Gasteiger partial charge in [-0.25, -0.2) is 4.98 Å². The number of nitrogens with zero attached hydrogens (tertiary/aromatic N) is 3. The number of carbonyl (C=O) groups excluding carboxylic acids is 1. The second-order valence-electron chi connectivity index (χ2n) is 4.51. The summed E-state index contributed by atoms with van der Waals surface area (Å²) in [5.74, 6) is 0.0235. The van der Waals surface area contributed by atoms with E-state index in [1.54, 1.807) is 11.8 Å². The number of amides is 1.